The van der Waals surface area contributed by atoms with Crippen molar-refractivity contribution < 1.29 is 27.8 Å². The summed E-state index contributed by atoms with van der Waals surface area (Å²) in [7, 11) is 1.29. The third-order valence-corrected chi connectivity index (χ3v) is 4.33. The summed E-state index contributed by atoms with van der Waals surface area (Å²) < 4.78 is 38.6. The number of benzene rings is 2. The Morgan fingerprint density at radius 2 is 1.89 bits per heavy atom. The Morgan fingerprint density at radius 3 is 2.52 bits per heavy atom. The van der Waals surface area contributed by atoms with Gasteiger partial charge in [0.05, 0.1) is 7.11 Å². The monoisotopic (exact) mass is 376 g/mol. The first-order valence-corrected chi connectivity index (χ1v) is 8.27. The molecule has 6 nitrogen and oxygen atoms in total. The number of methoxy groups -OCH3 is 1. The molecule has 2 N–H and O–H groups in total. The molecular formula is C19H18F2N2O4. The predicted molar refractivity (Wildman–Crippen MR) is 92.2 cm³/mol. The average Bonchev–Trinajstić information content (AvgIpc) is 3.00. The van der Waals surface area contributed by atoms with Gasteiger partial charge >= 0.3 is 6.09 Å². The van der Waals surface area contributed by atoms with E-state index in [1.165, 1.54) is 7.11 Å². The highest BCUT2D eigenvalue weighted by Crippen LogP contribution is 2.31. The van der Waals surface area contributed by atoms with Crippen LogP contribution in [0.1, 0.15) is 17.0 Å². The van der Waals surface area contributed by atoms with Crippen molar-refractivity contribution >= 4 is 12.0 Å². The summed E-state index contributed by atoms with van der Waals surface area (Å²) in [4.78, 5) is 24.1. The Hall–Kier alpha value is -3.16. The summed E-state index contributed by atoms with van der Waals surface area (Å²) >= 11 is 0. The smallest absolute Gasteiger partial charge is 0.408 e. The van der Waals surface area contributed by atoms with Crippen molar-refractivity contribution in [2.45, 2.75) is 18.6 Å². The zero-order valence-corrected chi connectivity index (χ0v) is 14.5. The molecule has 3 rings (SSSR count). The third kappa shape index (κ3) is 4.16. The highest BCUT2D eigenvalue weighted by Gasteiger charge is 2.40. The second kappa shape index (κ2) is 8.03. The van der Waals surface area contributed by atoms with Crippen LogP contribution in [0.3, 0.4) is 0 Å². The predicted octanol–water partition coefficient (Wildman–Crippen LogP) is 2.48. The van der Waals surface area contributed by atoms with Gasteiger partial charge in [-0.1, -0.05) is 30.3 Å². The number of nitrogens with one attached hydrogen (secondary N) is 2. The van der Waals surface area contributed by atoms with E-state index in [2.05, 4.69) is 10.6 Å². The SMILES string of the molecule is COc1cc(F)c([C@@H]2CNC(=O)[C@H]2NC(=O)OCc2ccccc2)c(F)c1. The molecule has 1 heterocycles. The fourth-order valence-corrected chi connectivity index (χ4v) is 2.98. The first-order valence-electron chi connectivity index (χ1n) is 8.27. The summed E-state index contributed by atoms with van der Waals surface area (Å²) in [5.74, 6) is -3.12. The number of carbonyl (C=O) groups excluding carboxylic acids is 2. The number of amides is 2. The molecule has 0 aliphatic carbocycles. The molecule has 2 aromatic rings. The number of halogens is 2. The van der Waals surface area contributed by atoms with E-state index in [1.807, 2.05) is 6.07 Å². The fourth-order valence-electron chi connectivity index (χ4n) is 2.98. The lowest BCUT2D eigenvalue weighted by atomic mass is 9.93. The largest absolute Gasteiger partial charge is 0.497 e. The molecule has 142 valence electrons. The zero-order chi connectivity index (χ0) is 19.4. The van der Waals surface area contributed by atoms with Gasteiger partial charge in [0.2, 0.25) is 5.91 Å². The molecule has 27 heavy (non-hydrogen) atoms. The van der Waals surface area contributed by atoms with Crippen LogP contribution in [-0.4, -0.2) is 31.7 Å². The summed E-state index contributed by atoms with van der Waals surface area (Å²) in [6, 6.07) is 9.90. The highest BCUT2D eigenvalue weighted by molar-refractivity contribution is 5.89. The number of hydrogen-bond donors (Lipinski definition) is 2. The quantitative estimate of drug-likeness (QED) is 0.841. The Labute approximate surface area is 154 Å². The Balaban J connectivity index is 1.72. The van der Waals surface area contributed by atoms with E-state index >= 15 is 0 Å². The van der Waals surface area contributed by atoms with Gasteiger partial charge in [-0.05, 0) is 5.56 Å². The molecule has 2 amide bonds. The van der Waals surface area contributed by atoms with Crippen LogP contribution in [0.4, 0.5) is 13.6 Å². The molecule has 2 atom stereocenters. The lowest BCUT2D eigenvalue weighted by Crippen LogP contribution is -2.43. The van der Waals surface area contributed by atoms with Crippen molar-refractivity contribution in [2.24, 2.45) is 0 Å². The minimum absolute atomic E-state index is 0.0109. The molecule has 1 aliphatic heterocycles. The molecule has 0 unspecified atom stereocenters. The van der Waals surface area contributed by atoms with Crippen LogP contribution in [-0.2, 0) is 16.1 Å². The van der Waals surface area contributed by atoms with Gasteiger partial charge in [-0.25, -0.2) is 13.6 Å². The van der Waals surface area contributed by atoms with Crippen molar-refractivity contribution in [1.29, 1.82) is 0 Å². The molecule has 0 aromatic heterocycles. The van der Waals surface area contributed by atoms with Gasteiger partial charge in [0.15, 0.2) is 0 Å². The Kier molecular flexibility index (Phi) is 5.54. The van der Waals surface area contributed by atoms with Crippen molar-refractivity contribution in [3.05, 3.63) is 65.2 Å². The van der Waals surface area contributed by atoms with E-state index in [1.54, 1.807) is 24.3 Å². The topological polar surface area (TPSA) is 76.7 Å². The molecule has 0 saturated carbocycles. The third-order valence-electron chi connectivity index (χ3n) is 4.33. The molecule has 1 saturated heterocycles. The number of rotatable bonds is 5. The number of alkyl carbamates (subject to hydrolysis) is 1. The molecule has 0 spiro atoms. The van der Waals surface area contributed by atoms with Crippen molar-refractivity contribution in [3.63, 3.8) is 0 Å². The minimum atomic E-state index is -1.15. The fraction of sp³-hybridized carbons (Fsp3) is 0.263. The maximum Gasteiger partial charge on any atom is 0.408 e. The van der Waals surface area contributed by atoms with E-state index in [9.17, 15) is 18.4 Å². The Bertz CT molecular complexity index is 822. The van der Waals surface area contributed by atoms with Crippen molar-refractivity contribution in [2.75, 3.05) is 13.7 Å². The lowest BCUT2D eigenvalue weighted by Gasteiger charge is -2.20. The lowest BCUT2D eigenvalue weighted by molar-refractivity contribution is -0.120. The van der Waals surface area contributed by atoms with E-state index in [0.29, 0.717) is 0 Å². The van der Waals surface area contributed by atoms with Crippen LogP contribution in [0, 0.1) is 11.6 Å². The van der Waals surface area contributed by atoms with Gasteiger partial charge in [-0.3, -0.25) is 4.79 Å². The minimum Gasteiger partial charge on any atom is -0.497 e. The highest BCUT2D eigenvalue weighted by atomic mass is 19.1. The normalized spacial score (nSPS) is 18.7. The molecule has 1 fully saturated rings. The molecule has 2 aromatic carbocycles. The maximum atomic E-state index is 14.4. The molecule has 0 radical (unpaired) electrons. The van der Waals surface area contributed by atoms with Crippen LogP contribution >= 0.6 is 0 Å². The first-order chi connectivity index (χ1) is 13.0. The van der Waals surface area contributed by atoms with Gasteiger partial charge < -0.3 is 20.1 Å². The van der Waals surface area contributed by atoms with Gasteiger partial charge in [-0.2, -0.15) is 0 Å². The van der Waals surface area contributed by atoms with Crippen LogP contribution in [0.25, 0.3) is 0 Å². The molecule has 8 heteroatoms. The summed E-state index contributed by atoms with van der Waals surface area (Å²) in [6.45, 7) is -0.000425. The van der Waals surface area contributed by atoms with E-state index in [0.717, 1.165) is 17.7 Å². The van der Waals surface area contributed by atoms with Crippen LogP contribution < -0.4 is 15.4 Å². The standard InChI is InChI=1S/C19H18F2N2O4/c1-26-12-7-14(20)16(15(21)8-12)13-9-22-18(24)17(13)23-19(25)27-10-11-5-3-2-4-6-11/h2-8,13,17H,9-10H2,1H3,(H,22,24)(H,23,25)/t13-,17-/m0/s1. The van der Waals surface area contributed by atoms with Crippen molar-refractivity contribution in [3.8, 4) is 5.75 Å². The zero-order valence-electron chi connectivity index (χ0n) is 14.5. The Morgan fingerprint density at radius 1 is 1.22 bits per heavy atom. The maximum absolute atomic E-state index is 14.4. The first kappa shape index (κ1) is 18.6. The molecular weight excluding hydrogens is 358 g/mol. The number of carbonyl (C=O) groups is 2. The summed E-state index contributed by atoms with van der Waals surface area (Å²) in [5, 5.41) is 4.90. The van der Waals surface area contributed by atoms with Gasteiger partial charge in [0.25, 0.3) is 0 Å². The van der Waals surface area contributed by atoms with Gasteiger partial charge in [-0.15, -0.1) is 0 Å². The average molecular weight is 376 g/mol. The van der Waals surface area contributed by atoms with Crippen LogP contribution in [0.5, 0.6) is 5.75 Å². The molecule has 1 aliphatic rings. The second-order valence-corrected chi connectivity index (χ2v) is 6.04. The van der Waals surface area contributed by atoms with E-state index < -0.39 is 35.6 Å². The molecule has 0 bridgehead atoms. The second-order valence-electron chi connectivity index (χ2n) is 6.04. The van der Waals surface area contributed by atoms with Gasteiger partial charge in [0, 0.05) is 30.2 Å². The van der Waals surface area contributed by atoms with Crippen LogP contribution in [0.2, 0.25) is 0 Å². The van der Waals surface area contributed by atoms with Gasteiger partial charge in [0.1, 0.15) is 30.0 Å². The van der Waals surface area contributed by atoms with E-state index in [4.69, 9.17) is 9.47 Å². The summed E-state index contributed by atoms with van der Waals surface area (Å²) in [5.41, 5.74) is 0.481. The van der Waals surface area contributed by atoms with E-state index in [-0.39, 0.29) is 24.5 Å². The number of ether oxygens (including phenoxy) is 2. The van der Waals surface area contributed by atoms with Crippen LogP contribution in [0.15, 0.2) is 42.5 Å². The summed E-state index contributed by atoms with van der Waals surface area (Å²) in [6.07, 6.45) is -0.847. The van der Waals surface area contributed by atoms with Crippen molar-refractivity contribution in [1.82, 2.24) is 10.6 Å². The number of hydrogen-bond acceptors (Lipinski definition) is 4.